The van der Waals surface area contributed by atoms with Crippen LogP contribution in [0.2, 0.25) is 19.6 Å². The standard InChI is InChI=1S/C12H23NO3SSi/c1-10(2)8-12-9-11(6-7-18(3,4)5)13-17(14,15)16-12/h10-13H,8-9H2,1-5H3. The molecule has 0 aromatic rings. The van der Waals surface area contributed by atoms with Crippen LogP contribution in [0.1, 0.15) is 26.7 Å². The van der Waals surface area contributed by atoms with Crippen LogP contribution in [0.4, 0.5) is 0 Å². The van der Waals surface area contributed by atoms with Crippen LogP contribution < -0.4 is 4.72 Å². The molecule has 1 saturated heterocycles. The summed E-state index contributed by atoms with van der Waals surface area (Å²) < 4.78 is 30.7. The Morgan fingerprint density at radius 3 is 2.50 bits per heavy atom. The Morgan fingerprint density at radius 1 is 1.39 bits per heavy atom. The minimum atomic E-state index is -3.63. The highest BCUT2D eigenvalue weighted by Crippen LogP contribution is 2.20. The molecule has 1 aliphatic heterocycles. The maximum atomic E-state index is 11.6. The van der Waals surface area contributed by atoms with Gasteiger partial charge in [-0.25, -0.2) is 0 Å². The lowest BCUT2D eigenvalue weighted by Crippen LogP contribution is -2.45. The second kappa shape index (κ2) is 5.74. The van der Waals surface area contributed by atoms with E-state index in [1.54, 1.807) is 0 Å². The lowest BCUT2D eigenvalue weighted by Gasteiger charge is -2.28. The van der Waals surface area contributed by atoms with E-state index in [-0.39, 0.29) is 12.1 Å². The van der Waals surface area contributed by atoms with E-state index in [0.717, 1.165) is 6.42 Å². The quantitative estimate of drug-likeness (QED) is 0.624. The Hall–Kier alpha value is -0.353. The predicted octanol–water partition coefficient (Wildman–Crippen LogP) is 1.91. The zero-order chi connectivity index (χ0) is 14.0. The molecule has 0 aromatic carbocycles. The largest absolute Gasteiger partial charge is 0.337 e. The molecule has 104 valence electrons. The zero-order valence-corrected chi connectivity index (χ0v) is 13.6. The molecule has 0 bridgehead atoms. The molecule has 1 fully saturated rings. The summed E-state index contributed by atoms with van der Waals surface area (Å²) in [4.78, 5) is 0. The molecular formula is C12H23NO3SSi. The van der Waals surface area contributed by atoms with E-state index in [1.165, 1.54) is 0 Å². The topological polar surface area (TPSA) is 55.4 Å². The Balaban J connectivity index is 2.78. The van der Waals surface area contributed by atoms with Gasteiger partial charge in [0.05, 0.1) is 12.1 Å². The van der Waals surface area contributed by atoms with Gasteiger partial charge in [-0.1, -0.05) is 39.4 Å². The molecule has 0 spiro atoms. The number of nitrogens with one attached hydrogen (secondary N) is 1. The van der Waals surface area contributed by atoms with Gasteiger partial charge in [-0.05, 0) is 12.3 Å². The van der Waals surface area contributed by atoms with Crippen molar-refractivity contribution < 1.29 is 12.6 Å². The lowest BCUT2D eigenvalue weighted by molar-refractivity contribution is 0.145. The molecule has 0 saturated carbocycles. The van der Waals surface area contributed by atoms with Crippen LogP contribution in [-0.4, -0.2) is 28.6 Å². The van der Waals surface area contributed by atoms with Gasteiger partial charge in [0.2, 0.25) is 0 Å². The van der Waals surface area contributed by atoms with Gasteiger partial charge in [0, 0.05) is 6.42 Å². The monoisotopic (exact) mass is 289 g/mol. The molecule has 0 aromatic heterocycles. The molecule has 0 amide bonds. The van der Waals surface area contributed by atoms with E-state index in [4.69, 9.17) is 4.18 Å². The summed E-state index contributed by atoms with van der Waals surface area (Å²) in [7, 11) is -5.11. The van der Waals surface area contributed by atoms with Crippen molar-refractivity contribution in [1.82, 2.24) is 4.72 Å². The first-order chi connectivity index (χ1) is 8.07. The van der Waals surface area contributed by atoms with Crippen LogP contribution in [-0.2, 0) is 14.5 Å². The Bertz CT molecular complexity index is 442. The van der Waals surface area contributed by atoms with Crippen molar-refractivity contribution in [2.75, 3.05) is 0 Å². The third kappa shape index (κ3) is 6.00. The maximum absolute atomic E-state index is 11.6. The second-order valence-electron chi connectivity index (χ2n) is 6.23. The van der Waals surface area contributed by atoms with Crippen LogP contribution in [0.5, 0.6) is 0 Å². The van der Waals surface area contributed by atoms with Gasteiger partial charge in [-0.15, -0.1) is 5.54 Å². The summed E-state index contributed by atoms with van der Waals surface area (Å²) in [5.41, 5.74) is 3.21. The molecule has 0 aliphatic carbocycles. The van der Waals surface area contributed by atoms with Gasteiger partial charge in [0.15, 0.2) is 0 Å². The van der Waals surface area contributed by atoms with Gasteiger partial charge in [-0.3, -0.25) is 4.18 Å². The van der Waals surface area contributed by atoms with Crippen molar-refractivity contribution in [1.29, 1.82) is 0 Å². The van der Waals surface area contributed by atoms with E-state index < -0.39 is 18.4 Å². The highest BCUT2D eigenvalue weighted by Gasteiger charge is 2.31. The molecule has 1 aliphatic rings. The highest BCUT2D eigenvalue weighted by atomic mass is 32.2. The molecule has 4 nitrogen and oxygen atoms in total. The summed E-state index contributed by atoms with van der Waals surface area (Å²) in [6, 6.07) is -0.306. The fourth-order valence-electron chi connectivity index (χ4n) is 1.78. The number of rotatable bonds is 2. The first-order valence-corrected chi connectivity index (χ1v) is 11.2. The minimum absolute atomic E-state index is 0.253. The van der Waals surface area contributed by atoms with Crippen molar-refractivity contribution >= 4 is 18.4 Å². The molecule has 2 unspecified atom stereocenters. The van der Waals surface area contributed by atoms with Crippen LogP contribution >= 0.6 is 0 Å². The number of hydrogen-bond acceptors (Lipinski definition) is 3. The van der Waals surface area contributed by atoms with E-state index in [0.29, 0.717) is 12.3 Å². The van der Waals surface area contributed by atoms with Crippen LogP contribution in [0, 0.1) is 17.4 Å². The van der Waals surface area contributed by atoms with Crippen molar-refractivity contribution in [3.8, 4) is 11.5 Å². The van der Waals surface area contributed by atoms with Crippen molar-refractivity contribution in [3.63, 3.8) is 0 Å². The van der Waals surface area contributed by atoms with Crippen molar-refractivity contribution in [2.45, 2.75) is 58.5 Å². The summed E-state index contributed by atoms with van der Waals surface area (Å²) in [5.74, 6) is 3.47. The third-order valence-corrected chi connectivity index (χ3v) is 4.40. The molecule has 6 heteroatoms. The van der Waals surface area contributed by atoms with Crippen molar-refractivity contribution in [2.24, 2.45) is 5.92 Å². The molecule has 1 N–H and O–H groups in total. The summed E-state index contributed by atoms with van der Waals surface area (Å²) >= 11 is 0. The molecule has 18 heavy (non-hydrogen) atoms. The third-order valence-electron chi connectivity index (χ3n) is 2.40. The first kappa shape index (κ1) is 15.7. The van der Waals surface area contributed by atoms with Crippen LogP contribution in [0.15, 0.2) is 0 Å². The molecule has 1 heterocycles. The van der Waals surface area contributed by atoms with E-state index >= 15 is 0 Å². The molecule has 0 radical (unpaired) electrons. The van der Waals surface area contributed by atoms with Gasteiger partial charge in [0.1, 0.15) is 8.07 Å². The average molecular weight is 289 g/mol. The predicted molar refractivity (Wildman–Crippen MR) is 75.9 cm³/mol. The number of hydrogen-bond donors (Lipinski definition) is 1. The maximum Gasteiger partial charge on any atom is 0.337 e. The smallest absolute Gasteiger partial charge is 0.255 e. The summed E-state index contributed by atoms with van der Waals surface area (Å²) in [5, 5.41) is 0. The van der Waals surface area contributed by atoms with Gasteiger partial charge >= 0.3 is 10.3 Å². The van der Waals surface area contributed by atoms with Crippen LogP contribution in [0.25, 0.3) is 0 Å². The zero-order valence-electron chi connectivity index (χ0n) is 11.8. The molecular weight excluding hydrogens is 266 g/mol. The normalized spacial score (nSPS) is 27.7. The average Bonchev–Trinajstić information content (AvgIpc) is 2.09. The second-order valence-corrected chi connectivity index (χ2v) is 12.3. The molecule has 2 atom stereocenters. The Morgan fingerprint density at radius 2 is 2.00 bits per heavy atom. The lowest BCUT2D eigenvalue weighted by atomic mass is 10.0. The summed E-state index contributed by atoms with van der Waals surface area (Å²) in [6.45, 7) is 10.5. The fourth-order valence-corrected chi connectivity index (χ4v) is 3.47. The van der Waals surface area contributed by atoms with E-state index in [9.17, 15) is 8.42 Å². The fraction of sp³-hybridized carbons (Fsp3) is 0.833. The van der Waals surface area contributed by atoms with Crippen LogP contribution in [0.3, 0.4) is 0 Å². The van der Waals surface area contributed by atoms with Crippen molar-refractivity contribution in [3.05, 3.63) is 0 Å². The molecule has 1 rings (SSSR count). The highest BCUT2D eigenvalue weighted by molar-refractivity contribution is 7.84. The van der Waals surface area contributed by atoms with E-state index in [1.807, 2.05) is 0 Å². The Labute approximate surface area is 112 Å². The minimum Gasteiger partial charge on any atom is -0.255 e. The van der Waals surface area contributed by atoms with E-state index in [2.05, 4.69) is 49.7 Å². The first-order valence-electron chi connectivity index (χ1n) is 6.30. The van der Waals surface area contributed by atoms with Gasteiger partial charge in [0.25, 0.3) is 0 Å². The SMILES string of the molecule is CC(C)CC1CC(C#C[Si](C)(C)C)NS(=O)(=O)O1. The summed E-state index contributed by atoms with van der Waals surface area (Å²) in [6.07, 6.45) is 1.12. The van der Waals surface area contributed by atoms with Gasteiger partial charge in [-0.2, -0.15) is 13.1 Å². The van der Waals surface area contributed by atoms with Gasteiger partial charge < -0.3 is 0 Å². The Kier molecular flexibility index (Phi) is 5.01.